The maximum absolute atomic E-state index is 10.3. The van der Waals surface area contributed by atoms with Gasteiger partial charge in [0.1, 0.15) is 0 Å². The summed E-state index contributed by atoms with van der Waals surface area (Å²) in [6, 6.07) is 0. The van der Waals surface area contributed by atoms with Crippen LogP contribution in [0.3, 0.4) is 0 Å². The number of hydrogen-bond acceptors (Lipinski definition) is 4. The maximum atomic E-state index is 10.3. The molecule has 0 aromatic heterocycles. The molecule has 0 saturated carbocycles. The Balaban J connectivity index is 0. The molecule has 1 radical (unpaired) electrons. The van der Waals surface area contributed by atoms with Crippen LogP contribution >= 0.6 is 0 Å². The van der Waals surface area contributed by atoms with Gasteiger partial charge in [-0.15, -0.1) is 0 Å². The topological polar surface area (TPSA) is 132 Å². The molecule has 0 aromatic rings. The number of carbonyl (C=O) groups is 3. The zero-order valence-corrected chi connectivity index (χ0v) is 9.95. The average Bonchev–Trinajstić information content (AvgIpc) is 1.82. The van der Waals surface area contributed by atoms with Gasteiger partial charge in [0.05, 0.1) is 12.8 Å². The summed E-state index contributed by atoms with van der Waals surface area (Å²) >= 11 is 0. The Morgan fingerprint density at radius 3 is 1.36 bits per heavy atom. The zero-order valence-electron chi connectivity index (χ0n) is 6.81. The normalized spacial score (nSPS) is 10.1. The average molecular weight is 433 g/mol. The van der Waals surface area contributed by atoms with Gasteiger partial charge in [0.15, 0.2) is 5.60 Å². The van der Waals surface area contributed by atoms with Gasteiger partial charge in [0.25, 0.3) is 0 Å². The third-order valence-electron chi connectivity index (χ3n) is 1.29. The van der Waals surface area contributed by atoms with Gasteiger partial charge in [-0.1, -0.05) is 0 Å². The summed E-state index contributed by atoms with van der Waals surface area (Å²) in [4.78, 5) is 30.5. The number of carboxylic acids is 3. The molecule has 7 nitrogen and oxygen atoms in total. The van der Waals surface area contributed by atoms with Gasteiger partial charge in [-0.05, 0) is 0 Å². The minimum Gasteiger partial charge on any atom is -0.481 e. The van der Waals surface area contributed by atoms with Crippen LogP contribution in [0.15, 0.2) is 0 Å². The molecule has 0 bridgehead atoms. The van der Waals surface area contributed by atoms with Crippen LogP contribution in [0.2, 0.25) is 0 Å². The molecule has 0 aliphatic heterocycles. The Hall–Kier alpha value is -1.24. The van der Waals surface area contributed by atoms with E-state index in [1.54, 1.807) is 0 Å². The fourth-order valence-electron chi connectivity index (χ4n) is 0.714. The van der Waals surface area contributed by atoms with E-state index >= 15 is 0 Å². The first-order chi connectivity index (χ1) is 5.78. The summed E-state index contributed by atoms with van der Waals surface area (Å²) in [6.07, 6.45) is -2.29. The molecule has 8 heteroatoms. The number of aliphatic carboxylic acids is 3. The van der Waals surface area contributed by atoms with Crippen molar-refractivity contribution >= 4 is 17.9 Å². The van der Waals surface area contributed by atoms with Gasteiger partial charge in [0, 0.05) is 14.3 Å². The van der Waals surface area contributed by atoms with Crippen molar-refractivity contribution in [1.82, 2.24) is 0 Å². The third kappa shape index (κ3) is 4.70. The molecule has 0 aromatic carbocycles. The molecule has 81 valence electrons. The van der Waals surface area contributed by atoms with Crippen molar-refractivity contribution in [1.29, 1.82) is 0 Å². The van der Waals surface area contributed by atoms with Gasteiger partial charge in [0.2, 0.25) is 0 Å². The van der Waals surface area contributed by atoms with Crippen molar-refractivity contribution in [2.75, 3.05) is 0 Å². The van der Waals surface area contributed by atoms with Crippen LogP contribution in [0.25, 0.3) is 0 Å². The van der Waals surface area contributed by atoms with Crippen LogP contribution < -0.4 is 0 Å². The molecule has 0 atom stereocenters. The summed E-state index contributed by atoms with van der Waals surface area (Å²) < 4.78 is 0. The molecule has 0 spiro atoms. The summed E-state index contributed by atoms with van der Waals surface area (Å²) in [7, 11) is 0. The van der Waals surface area contributed by atoms with E-state index in [1.165, 1.54) is 0 Å². The second kappa shape index (κ2) is 5.48. The molecule has 0 heterocycles. The van der Waals surface area contributed by atoms with Crippen molar-refractivity contribution in [3.63, 3.8) is 0 Å². The second-order valence-electron chi connectivity index (χ2n) is 2.48. The summed E-state index contributed by atoms with van der Waals surface area (Å²) in [6.45, 7) is 0. The summed E-state index contributed by atoms with van der Waals surface area (Å²) in [5.41, 5.74) is -2.74. The quantitative estimate of drug-likeness (QED) is 0.426. The Kier molecular flexibility index (Phi) is 5.97. The number of carboxylic acid groups (broad SMARTS) is 3. The zero-order chi connectivity index (χ0) is 10.6. The fourth-order valence-corrected chi connectivity index (χ4v) is 0.714. The van der Waals surface area contributed by atoms with Gasteiger partial charge < -0.3 is 20.4 Å². The van der Waals surface area contributed by atoms with Crippen LogP contribution in [0.4, 0.5) is 0 Å². The first kappa shape index (κ1) is 15.2. The number of aliphatic hydroxyl groups is 1. The van der Waals surface area contributed by atoms with Crippen molar-refractivity contribution in [3.05, 3.63) is 0 Å². The minimum atomic E-state index is -2.74. The van der Waals surface area contributed by atoms with Gasteiger partial charge in [-0.3, -0.25) is 9.59 Å². The largest absolute Gasteiger partial charge is 0.481 e. The Morgan fingerprint density at radius 1 is 0.929 bits per heavy atom. The fraction of sp³-hybridized carbons (Fsp3) is 0.500. The number of hydrogen-bond donors (Lipinski definition) is 4. The maximum Gasteiger partial charge on any atom is 0.336 e. The molecule has 0 saturated heterocycles. The van der Waals surface area contributed by atoms with E-state index in [1.807, 2.05) is 0 Å². The van der Waals surface area contributed by atoms with Crippen molar-refractivity contribution < 1.29 is 49.1 Å². The molecular formula is C6H8AmO7. The summed E-state index contributed by atoms with van der Waals surface area (Å²) in [5, 5.41) is 33.8. The van der Waals surface area contributed by atoms with E-state index in [4.69, 9.17) is 20.4 Å². The van der Waals surface area contributed by atoms with E-state index in [0.717, 1.165) is 0 Å². The van der Waals surface area contributed by atoms with Gasteiger partial charge in [-0.25, -0.2) is 4.79 Å². The van der Waals surface area contributed by atoms with E-state index < -0.39 is 36.4 Å². The van der Waals surface area contributed by atoms with Crippen molar-refractivity contribution in [2.45, 2.75) is 18.4 Å². The smallest absolute Gasteiger partial charge is 0.336 e. The second-order valence-corrected chi connectivity index (χ2v) is 2.48. The molecule has 0 unspecified atom stereocenters. The molecule has 0 fully saturated rings. The number of rotatable bonds is 5. The molecule has 4 N–H and O–H groups in total. The van der Waals surface area contributed by atoms with E-state index in [9.17, 15) is 14.4 Å². The van der Waals surface area contributed by atoms with Crippen LogP contribution in [-0.2, 0) is 14.4 Å². The van der Waals surface area contributed by atoms with Crippen LogP contribution in [-0.4, -0.2) is 43.9 Å². The predicted molar refractivity (Wildman–Crippen MR) is 37.1 cm³/mol. The van der Waals surface area contributed by atoms with E-state index in [0.29, 0.717) is 0 Å². The van der Waals surface area contributed by atoms with Crippen molar-refractivity contribution in [2.24, 2.45) is 0 Å². The molecule has 14 heavy (non-hydrogen) atoms. The Morgan fingerprint density at radius 2 is 1.21 bits per heavy atom. The van der Waals surface area contributed by atoms with Gasteiger partial charge >= 0.3 is 17.9 Å². The molecule has 0 rings (SSSR count). The Bertz CT molecular complexity index is 233. The standard InChI is InChI=1S/C6H8O7.Am/c7-3(8)1-6(13,5(11)12)2-4(9)10;/h13H,1-2H2,(H,7,8)(H,9,10)(H,11,12);/i;1-2. The first-order valence-corrected chi connectivity index (χ1v) is 3.17. The van der Waals surface area contributed by atoms with Crippen molar-refractivity contribution in [3.8, 4) is 0 Å². The third-order valence-corrected chi connectivity index (χ3v) is 1.29. The monoisotopic (exact) mass is 433 g/mol. The minimum absolute atomic E-state index is 0. The summed E-state index contributed by atoms with van der Waals surface area (Å²) in [5.74, 6) is -5.02. The molecular weight excluding hydrogens is 425 g/mol. The van der Waals surface area contributed by atoms with E-state index in [2.05, 4.69) is 0 Å². The molecule has 0 aliphatic carbocycles. The van der Waals surface area contributed by atoms with Crippen LogP contribution in [0.1, 0.15) is 12.8 Å². The van der Waals surface area contributed by atoms with Crippen LogP contribution in [0.5, 0.6) is 0 Å². The Labute approximate surface area is 86.2 Å². The predicted octanol–water partition coefficient (Wildman–Crippen LogP) is -1.25. The molecule has 0 aliphatic rings. The van der Waals surface area contributed by atoms with E-state index in [-0.39, 0.29) is 14.3 Å². The van der Waals surface area contributed by atoms with Gasteiger partial charge in [-0.2, -0.15) is 0 Å². The first-order valence-electron chi connectivity index (χ1n) is 3.17. The van der Waals surface area contributed by atoms with Crippen LogP contribution in [0, 0.1) is 14.3 Å². The SMILES string of the molecule is O=C(O)CC(O)(CC(=O)O)C(=O)O.[241Am]. The molecule has 0 amide bonds.